The molecular formula is C13H24N2O2. The maximum atomic E-state index is 12.2. The van der Waals surface area contributed by atoms with Crippen molar-refractivity contribution in [1.29, 1.82) is 0 Å². The fourth-order valence-electron chi connectivity index (χ4n) is 2.67. The molecule has 4 nitrogen and oxygen atoms in total. The number of hydrogen-bond donors (Lipinski definition) is 3. The summed E-state index contributed by atoms with van der Waals surface area (Å²) < 4.78 is 0. The Kier molecular flexibility index (Phi) is 2.99. The van der Waals surface area contributed by atoms with E-state index in [1.807, 2.05) is 13.8 Å². The largest absolute Gasteiger partial charge is 0.388 e. The third kappa shape index (κ3) is 2.33. The molecule has 0 aromatic rings. The van der Waals surface area contributed by atoms with Gasteiger partial charge in [-0.15, -0.1) is 0 Å². The van der Waals surface area contributed by atoms with Gasteiger partial charge >= 0.3 is 0 Å². The van der Waals surface area contributed by atoms with E-state index in [9.17, 15) is 9.90 Å². The molecule has 0 aromatic carbocycles. The predicted molar refractivity (Wildman–Crippen MR) is 66.6 cm³/mol. The van der Waals surface area contributed by atoms with Crippen LogP contribution in [0.1, 0.15) is 47.0 Å². The van der Waals surface area contributed by atoms with Crippen molar-refractivity contribution in [2.24, 2.45) is 5.92 Å². The number of carbonyl (C=O) groups excluding carboxylic acids is 1. The first-order valence-corrected chi connectivity index (χ1v) is 6.51. The van der Waals surface area contributed by atoms with Gasteiger partial charge in [-0.25, -0.2) is 0 Å². The van der Waals surface area contributed by atoms with Gasteiger partial charge < -0.3 is 15.7 Å². The number of fused-ring (bicyclic) bond motifs is 2. The summed E-state index contributed by atoms with van der Waals surface area (Å²) in [4.78, 5) is 12.2. The van der Waals surface area contributed by atoms with E-state index in [0.29, 0.717) is 12.1 Å². The van der Waals surface area contributed by atoms with Crippen LogP contribution in [-0.4, -0.2) is 34.2 Å². The standard InChI is InChI=1S/C13H24N2O2/c1-12(2,13(3,4)17)15-11(16)9-7-8-5-6-10(9)14-8/h8-10,14,17H,5-7H2,1-4H3,(H,15,16). The van der Waals surface area contributed by atoms with Crippen LogP contribution in [-0.2, 0) is 4.79 Å². The molecule has 0 radical (unpaired) electrons. The zero-order chi connectivity index (χ0) is 12.8. The summed E-state index contributed by atoms with van der Waals surface area (Å²) in [5.41, 5.74) is -1.53. The van der Waals surface area contributed by atoms with Gasteiger partial charge in [0.25, 0.3) is 0 Å². The molecule has 0 saturated carbocycles. The molecule has 2 fully saturated rings. The predicted octanol–water partition coefficient (Wildman–Crippen LogP) is 0.793. The van der Waals surface area contributed by atoms with Crippen LogP contribution >= 0.6 is 0 Å². The lowest BCUT2D eigenvalue weighted by molar-refractivity contribution is -0.130. The minimum Gasteiger partial charge on any atom is -0.388 e. The van der Waals surface area contributed by atoms with Gasteiger partial charge in [-0.2, -0.15) is 0 Å². The highest BCUT2D eigenvalue weighted by molar-refractivity contribution is 5.81. The van der Waals surface area contributed by atoms with E-state index in [0.717, 1.165) is 12.8 Å². The Labute approximate surface area is 103 Å². The van der Waals surface area contributed by atoms with Crippen LogP contribution in [0.25, 0.3) is 0 Å². The number of hydrogen-bond acceptors (Lipinski definition) is 3. The highest BCUT2D eigenvalue weighted by Gasteiger charge is 2.45. The molecule has 2 rings (SSSR count). The van der Waals surface area contributed by atoms with Crippen LogP contribution < -0.4 is 10.6 Å². The SMILES string of the molecule is CC(C)(O)C(C)(C)NC(=O)C1CC2CCC1N2. The second kappa shape index (κ2) is 3.95. The molecule has 3 atom stereocenters. The first kappa shape index (κ1) is 12.8. The van der Waals surface area contributed by atoms with Gasteiger partial charge in [0.2, 0.25) is 5.91 Å². The van der Waals surface area contributed by atoms with Crippen LogP contribution in [0.2, 0.25) is 0 Å². The van der Waals surface area contributed by atoms with Crippen molar-refractivity contribution in [3.8, 4) is 0 Å². The fourth-order valence-corrected chi connectivity index (χ4v) is 2.67. The average Bonchev–Trinajstić information content (AvgIpc) is 2.75. The first-order chi connectivity index (χ1) is 7.71. The quantitative estimate of drug-likeness (QED) is 0.683. The molecule has 2 aliphatic rings. The third-order valence-electron chi connectivity index (χ3n) is 4.60. The van der Waals surface area contributed by atoms with Gasteiger partial charge in [0.1, 0.15) is 0 Å². The van der Waals surface area contributed by atoms with Crippen molar-refractivity contribution < 1.29 is 9.90 Å². The normalized spacial score (nSPS) is 32.9. The molecule has 98 valence electrons. The van der Waals surface area contributed by atoms with Gasteiger partial charge in [0.15, 0.2) is 0 Å². The zero-order valence-corrected chi connectivity index (χ0v) is 11.2. The van der Waals surface area contributed by atoms with Crippen LogP contribution in [0.15, 0.2) is 0 Å². The fraction of sp³-hybridized carbons (Fsp3) is 0.923. The molecule has 3 N–H and O–H groups in total. The summed E-state index contributed by atoms with van der Waals surface area (Å²) in [6.07, 6.45) is 3.24. The van der Waals surface area contributed by atoms with E-state index in [-0.39, 0.29) is 11.8 Å². The maximum Gasteiger partial charge on any atom is 0.225 e. The lowest BCUT2D eigenvalue weighted by Crippen LogP contribution is -2.59. The molecular weight excluding hydrogens is 216 g/mol. The molecule has 0 aromatic heterocycles. The van der Waals surface area contributed by atoms with E-state index >= 15 is 0 Å². The minimum absolute atomic E-state index is 0.0791. The summed E-state index contributed by atoms with van der Waals surface area (Å²) in [6, 6.07) is 0.874. The molecule has 2 heterocycles. The maximum absolute atomic E-state index is 12.2. The Morgan fingerprint density at radius 2 is 1.94 bits per heavy atom. The molecule has 0 spiro atoms. The average molecular weight is 240 g/mol. The molecule has 4 heteroatoms. The van der Waals surface area contributed by atoms with Gasteiger partial charge in [0.05, 0.1) is 17.1 Å². The van der Waals surface area contributed by atoms with Crippen molar-refractivity contribution >= 4 is 5.91 Å². The number of amides is 1. The Bertz CT molecular complexity index is 320. The van der Waals surface area contributed by atoms with Crippen LogP contribution in [0.4, 0.5) is 0 Å². The molecule has 17 heavy (non-hydrogen) atoms. The van der Waals surface area contributed by atoms with Gasteiger partial charge in [-0.05, 0) is 47.0 Å². The summed E-state index contributed by atoms with van der Waals surface area (Å²) >= 11 is 0. The Balaban J connectivity index is 1.98. The van der Waals surface area contributed by atoms with Crippen molar-refractivity contribution in [2.75, 3.05) is 0 Å². The first-order valence-electron chi connectivity index (χ1n) is 6.51. The molecule has 2 saturated heterocycles. The number of nitrogens with one attached hydrogen (secondary N) is 2. The second-order valence-corrected chi connectivity index (χ2v) is 6.56. The molecule has 0 aliphatic carbocycles. The van der Waals surface area contributed by atoms with Crippen molar-refractivity contribution in [3.63, 3.8) is 0 Å². The van der Waals surface area contributed by atoms with E-state index in [1.54, 1.807) is 13.8 Å². The molecule has 1 amide bonds. The van der Waals surface area contributed by atoms with Crippen molar-refractivity contribution in [1.82, 2.24) is 10.6 Å². The van der Waals surface area contributed by atoms with Gasteiger partial charge in [-0.1, -0.05) is 0 Å². The van der Waals surface area contributed by atoms with Crippen molar-refractivity contribution in [3.05, 3.63) is 0 Å². The zero-order valence-electron chi connectivity index (χ0n) is 11.2. The third-order valence-corrected chi connectivity index (χ3v) is 4.60. The Morgan fingerprint density at radius 1 is 1.29 bits per heavy atom. The number of carbonyl (C=O) groups is 1. The molecule has 2 aliphatic heterocycles. The summed E-state index contributed by atoms with van der Waals surface area (Å²) in [7, 11) is 0. The summed E-state index contributed by atoms with van der Waals surface area (Å²) in [6.45, 7) is 7.19. The van der Waals surface area contributed by atoms with Crippen LogP contribution in [0.3, 0.4) is 0 Å². The van der Waals surface area contributed by atoms with E-state index in [1.165, 1.54) is 6.42 Å². The smallest absolute Gasteiger partial charge is 0.225 e. The Hall–Kier alpha value is -0.610. The van der Waals surface area contributed by atoms with E-state index < -0.39 is 11.1 Å². The highest BCUT2D eigenvalue weighted by atomic mass is 16.3. The number of aliphatic hydroxyl groups is 1. The van der Waals surface area contributed by atoms with Crippen LogP contribution in [0.5, 0.6) is 0 Å². The topological polar surface area (TPSA) is 61.4 Å². The Morgan fingerprint density at radius 3 is 2.35 bits per heavy atom. The lowest BCUT2D eigenvalue weighted by atomic mass is 9.83. The summed E-state index contributed by atoms with van der Waals surface area (Å²) in [5, 5.41) is 16.5. The van der Waals surface area contributed by atoms with Gasteiger partial charge in [0, 0.05) is 12.1 Å². The van der Waals surface area contributed by atoms with E-state index in [2.05, 4.69) is 10.6 Å². The van der Waals surface area contributed by atoms with Crippen LogP contribution in [0, 0.1) is 5.92 Å². The lowest BCUT2D eigenvalue weighted by Gasteiger charge is -2.39. The minimum atomic E-state index is -0.923. The van der Waals surface area contributed by atoms with Gasteiger partial charge in [-0.3, -0.25) is 4.79 Å². The second-order valence-electron chi connectivity index (χ2n) is 6.56. The monoisotopic (exact) mass is 240 g/mol. The van der Waals surface area contributed by atoms with E-state index in [4.69, 9.17) is 0 Å². The van der Waals surface area contributed by atoms with Crippen molar-refractivity contribution in [2.45, 2.75) is 70.2 Å². The number of rotatable bonds is 3. The molecule has 2 bridgehead atoms. The highest BCUT2D eigenvalue weighted by Crippen LogP contribution is 2.34. The molecule has 3 unspecified atom stereocenters. The summed E-state index contributed by atoms with van der Waals surface area (Å²) in [5.74, 6) is 0.159.